The van der Waals surface area contributed by atoms with E-state index in [1.165, 1.54) is 10.9 Å². The van der Waals surface area contributed by atoms with Crippen molar-refractivity contribution in [1.29, 1.82) is 0 Å². The molecule has 15 heavy (non-hydrogen) atoms. The first-order valence-corrected chi connectivity index (χ1v) is 5.48. The van der Waals surface area contributed by atoms with Gasteiger partial charge in [-0.05, 0) is 24.5 Å². The molecule has 0 fully saturated rings. The highest BCUT2D eigenvalue weighted by molar-refractivity contribution is 5.77. The molecule has 0 aliphatic heterocycles. The van der Waals surface area contributed by atoms with E-state index in [0.717, 1.165) is 17.8 Å². The van der Waals surface area contributed by atoms with Crippen LogP contribution in [-0.4, -0.2) is 0 Å². The highest BCUT2D eigenvalue weighted by Crippen LogP contribution is 2.21. The van der Waals surface area contributed by atoms with Crippen molar-refractivity contribution in [2.75, 3.05) is 0 Å². The van der Waals surface area contributed by atoms with Gasteiger partial charge in [0.1, 0.15) is 0 Å². The number of para-hydroxylation sites is 1. The van der Waals surface area contributed by atoms with E-state index < -0.39 is 0 Å². The van der Waals surface area contributed by atoms with Crippen LogP contribution < -0.4 is 0 Å². The molecule has 78 valence electrons. The Morgan fingerprint density at radius 1 is 1.20 bits per heavy atom. The van der Waals surface area contributed by atoms with Gasteiger partial charge in [-0.3, -0.25) is 0 Å². The highest BCUT2D eigenvalue weighted by atomic mass is 16.3. The maximum Gasteiger partial charge on any atom is 0.360 e. The first-order valence-electron chi connectivity index (χ1n) is 5.48. The van der Waals surface area contributed by atoms with Crippen LogP contribution in [0.3, 0.4) is 0 Å². The van der Waals surface area contributed by atoms with Crippen LogP contribution in [0.1, 0.15) is 25.2 Å². The van der Waals surface area contributed by atoms with Gasteiger partial charge in [0.2, 0.25) is 0 Å². The summed E-state index contributed by atoms with van der Waals surface area (Å²) < 4.78 is 5.79. The fourth-order valence-electron chi connectivity index (χ4n) is 1.86. The van der Waals surface area contributed by atoms with E-state index in [4.69, 9.17) is 4.42 Å². The highest BCUT2D eigenvalue weighted by Gasteiger charge is 2.14. The normalized spacial score (nSPS) is 11.2. The van der Waals surface area contributed by atoms with E-state index in [-0.39, 0.29) is 0 Å². The third-order valence-electron chi connectivity index (χ3n) is 2.59. The maximum absolute atomic E-state index is 5.79. The predicted molar refractivity (Wildman–Crippen MR) is 63.9 cm³/mol. The lowest BCUT2D eigenvalue weighted by Crippen LogP contribution is -1.96. The fraction of sp³-hybridized carbons (Fsp3) is 0.357. The van der Waals surface area contributed by atoms with Crippen LogP contribution in [0, 0.1) is 12.8 Å². The number of hydrogen-bond acceptors (Lipinski definition) is 0. The van der Waals surface area contributed by atoms with Crippen molar-refractivity contribution in [2.24, 2.45) is 5.92 Å². The molecule has 0 aliphatic carbocycles. The van der Waals surface area contributed by atoms with Crippen LogP contribution in [0.25, 0.3) is 11.0 Å². The Kier molecular flexibility index (Phi) is 2.72. The van der Waals surface area contributed by atoms with E-state index >= 15 is 0 Å². The minimum Gasteiger partial charge on any atom is -0.212 e. The summed E-state index contributed by atoms with van der Waals surface area (Å²) in [5.41, 5.74) is 2.30. The van der Waals surface area contributed by atoms with Crippen molar-refractivity contribution < 1.29 is 4.42 Å². The molecule has 1 aromatic heterocycles. The third-order valence-corrected chi connectivity index (χ3v) is 2.59. The lowest BCUT2D eigenvalue weighted by Gasteiger charge is -2.02. The predicted octanol–water partition coefficient (Wildman–Crippen LogP) is 4.22. The molecule has 2 rings (SSSR count). The van der Waals surface area contributed by atoms with E-state index in [2.05, 4.69) is 26.0 Å². The van der Waals surface area contributed by atoms with Crippen LogP contribution in [0.15, 0.2) is 34.7 Å². The van der Waals surface area contributed by atoms with Crippen LogP contribution in [0.5, 0.6) is 0 Å². The Bertz CT molecular complexity index is 472. The molecule has 1 heteroatoms. The van der Waals surface area contributed by atoms with Crippen LogP contribution in [0.4, 0.5) is 0 Å². The quantitative estimate of drug-likeness (QED) is 0.662. The summed E-state index contributed by atoms with van der Waals surface area (Å²) >= 11 is 0. The Morgan fingerprint density at radius 3 is 2.67 bits per heavy atom. The largest absolute Gasteiger partial charge is 0.360 e. The SMILES string of the molecule is Cc1[o+]c2ccccc2cc1CC(C)C. The van der Waals surface area contributed by atoms with Crippen LogP contribution >= 0.6 is 0 Å². The molecule has 0 radical (unpaired) electrons. The molecule has 0 aliphatic rings. The standard InChI is InChI=1S/C14H17O/c1-10(2)8-13-9-12-6-4-5-7-14(12)15-11(13)3/h4-7,9-10H,8H2,1-3H3/q+1. The average molecular weight is 201 g/mol. The van der Waals surface area contributed by atoms with Crippen molar-refractivity contribution in [2.45, 2.75) is 27.2 Å². The molecular formula is C14H17O+. The van der Waals surface area contributed by atoms with Gasteiger partial charge in [-0.15, -0.1) is 0 Å². The van der Waals surface area contributed by atoms with Gasteiger partial charge in [0.05, 0.1) is 17.9 Å². The molecule has 0 saturated carbocycles. The molecule has 0 spiro atoms. The van der Waals surface area contributed by atoms with Crippen molar-refractivity contribution >= 4 is 11.0 Å². The Hall–Kier alpha value is -1.37. The van der Waals surface area contributed by atoms with Gasteiger partial charge >= 0.3 is 11.3 Å². The molecule has 0 amide bonds. The lowest BCUT2D eigenvalue weighted by molar-refractivity contribution is 0.540. The second kappa shape index (κ2) is 4.01. The van der Waals surface area contributed by atoms with E-state index in [1.807, 2.05) is 25.1 Å². The first kappa shape index (κ1) is 10.2. The zero-order valence-corrected chi connectivity index (χ0v) is 9.58. The number of rotatable bonds is 2. The Balaban J connectivity index is 2.52. The van der Waals surface area contributed by atoms with E-state index in [1.54, 1.807) is 0 Å². The number of aryl methyl sites for hydroxylation is 1. The summed E-state index contributed by atoms with van der Waals surface area (Å²) in [5.74, 6) is 1.71. The molecule has 0 bridgehead atoms. The monoisotopic (exact) mass is 201 g/mol. The summed E-state index contributed by atoms with van der Waals surface area (Å²) in [6.07, 6.45) is 1.08. The zero-order chi connectivity index (χ0) is 10.8. The first-order chi connectivity index (χ1) is 7.16. The summed E-state index contributed by atoms with van der Waals surface area (Å²) in [6.45, 7) is 6.51. The van der Waals surface area contributed by atoms with Gasteiger partial charge in [0.15, 0.2) is 0 Å². The molecule has 2 aromatic rings. The molecule has 0 atom stereocenters. The summed E-state index contributed by atoms with van der Waals surface area (Å²) in [5, 5.41) is 1.19. The summed E-state index contributed by atoms with van der Waals surface area (Å²) in [7, 11) is 0. The van der Waals surface area contributed by atoms with Crippen LogP contribution in [-0.2, 0) is 6.42 Å². The lowest BCUT2D eigenvalue weighted by atomic mass is 10.0. The minimum absolute atomic E-state index is 0.667. The molecule has 1 aromatic carbocycles. The third kappa shape index (κ3) is 2.17. The van der Waals surface area contributed by atoms with Crippen molar-refractivity contribution in [1.82, 2.24) is 0 Å². The van der Waals surface area contributed by atoms with Gasteiger partial charge < -0.3 is 0 Å². The van der Waals surface area contributed by atoms with Crippen molar-refractivity contribution in [3.8, 4) is 0 Å². The molecule has 0 unspecified atom stereocenters. The Labute approximate surface area is 90.7 Å². The fourth-order valence-corrected chi connectivity index (χ4v) is 1.86. The molecule has 1 heterocycles. The minimum atomic E-state index is 0.667. The van der Waals surface area contributed by atoms with Crippen molar-refractivity contribution in [3.63, 3.8) is 0 Å². The smallest absolute Gasteiger partial charge is 0.212 e. The van der Waals surface area contributed by atoms with E-state index in [9.17, 15) is 0 Å². The van der Waals surface area contributed by atoms with Gasteiger partial charge in [-0.25, -0.2) is 4.42 Å². The zero-order valence-electron chi connectivity index (χ0n) is 9.58. The molecular weight excluding hydrogens is 184 g/mol. The second-order valence-corrected chi connectivity index (χ2v) is 4.46. The Morgan fingerprint density at radius 2 is 1.93 bits per heavy atom. The second-order valence-electron chi connectivity index (χ2n) is 4.46. The van der Waals surface area contributed by atoms with Gasteiger partial charge in [0.25, 0.3) is 0 Å². The van der Waals surface area contributed by atoms with Crippen molar-refractivity contribution in [3.05, 3.63) is 41.7 Å². The topological polar surface area (TPSA) is 11.3 Å². The number of fused-ring (bicyclic) bond motifs is 1. The molecule has 0 saturated heterocycles. The van der Waals surface area contributed by atoms with Gasteiger partial charge in [-0.2, -0.15) is 0 Å². The summed E-state index contributed by atoms with van der Waals surface area (Å²) in [4.78, 5) is 0. The van der Waals surface area contributed by atoms with Gasteiger partial charge in [-0.1, -0.05) is 26.0 Å². The van der Waals surface area contributed by atoms with Crippen LogP contribution in [0.2, 0.25) is 0 Å². The maximum atomic E-state index is 5.79. The number of hydrogen-bond donors (Lipinski definition) is 0. The number of benzene rings is 1. The molecule has 0 N–H and O–H groups in total. The summed E-state index contributed by atoms with van der Waals surface area (Å²) in [6, 6.07) is 10.4. The van der Waals surface area contributed by atoms with Gasteiger partial charge in [0, 0.05) is 6.07 Å². The van der Waals surface area contributed by atoms with E-state index in [0.29, 0.717) is 5.92 Å². The average Bonchev–Trinajstić information content (AvgIpc) is 2.18. The molecule has 1 nitrogen and oxygen atoms in total.